The van der Waals surface area contributed by atoms with Gasteiger partial charge in [-0.25, -0.2) is 4.98 Å². The molecule has 0 N–H and O–H groups in total. The van der Waals surface area contributed by atoms with Gasteiger partial charge in [0.15, 0.2) is 5.15 Å². The van der Waals surface area contributed by atoms with Crippen LogP contribution in [0.25, 0.3) is 11.3 Å². The van der Waals surface area contributed by atoms with Crippen molar-refractivity contribution in [2.75, 3.05) is 11.9 Å². The van der Waals surface area contributed by atoms with Crippen molar-refractivity contribution in [1.29, 1.82) is 0 Å². The van der Waals surface area contributed by atoms with Crippen LogP contribution in [0.3, 0.4) is 0 Å². The fourth-order valence-electron chi connectivity index (χ4n) is 1.99. The predicted octanol–water partition coefficient (Wildman–Crippen LogP) is 2.14. The van der Waals surface area contributed by atoms with Crippen LogP contribution in [0.1, 0.15) is 5.69 Å². The zero-order chi connectivity index (χ0) is 11.1. The largest absolute Gasteiger partial charge is 0.366 e. The molecule has 0 fully saturated rings. The van der Waals surface area contributed by atoms with Gasteiger partial charge in [0.1, 0.15) is 0 Å². The number of rotatable bonds is 0. The Morgan fingerprint density at radius 2 is 2.00 bits per heavy atom. The van der Waals surface area contributed by atoms with Crippen LogP contribution in [0, 0.1) is 0 Å². The van der Waals surface area contributed by atoms with Gasteiger partial charge >= 0.3 is 0 Å². The first kappa shape index (κ1) is 9.54. The van der Waals surface area contributed by atoms with E-state index in [0.717, 1.165) is 22.6 Å². The van der Waals surface area contributed by atoms with E-state index in [1.54, 1.807) is 18.6 Å². The quantitative estimate of drug-likeness (QED) is 0.653. The lowest BCUT2D eigenvalue weighted by atomic mass is 10.0. The highest BCUT2D eigenvalue weighted by molar-refractivity contribution is 6.32. The van der Waals surface area contributed by atoms with E-state index in [0.29, 0.717) is 11.7 Å². The first-order valence-corrected chi connectivity index (χ1v) is 5.31. The second-order valence-corrected chi connectivity index (χ2v) is 4.06. The van der Waals surface area contributed by atoms with Gasteiger partial charge in [0.2, 0.25) is 0 Å². The molecule has 5 heteroatoms. The molecule has 0 unspecified atom stereocenters. The summed E-state index contributed by atoms with van der Waals surface area (Å²) in [5.74, 6) is 0. The lowest BCUT2D eigenvalue weighted by Gasteiger charge is -2.28. The second kappa shape index (κ2) is 3.42. The molecule has 2 aromatic heterocycles. The third kappa shape index (κ3) is 1.27. The average molecular weight is 233 g/mol. The van der Waals surface area contributed by atoms with Crippen molar-refractivity contribution in [3.8, 4) is 11.3 Å². The molecule has 3 heterocycles. The summed E-state index contributed by atoms with van der Waals surface area (Å²) in [6.45, 7) is 0.710. The fraction of sp³-hybridized carbons (Fsp3) is 0.182. The molecular formula is C11H9ClN4. The number of halogens is 1. The van der Waals surface area contributed by atoms with Crippen LogP contribution in [0.15, 0.2) is 24.7 Å². The molecule has 16 heavy (non-hydrogen) atoms. The maximum absolute atomic E-state index is 6.10. The Labute approximate surface area is 97.9 Å². The van der Waals surface area contributed by atoms with E-state index < -0.39 is 0 Å². The van der Waals surface area contributed by atoms with Crippen LogP contribution in [0.4, 0.5) is 5.69 Å². The SMILES string of the molecule is CN1Cc2nccnc2-c2ccnc(Cl)c21. The Hall–Kier alpha value is -1.68. The predicted molar refractivity (Wildman–Crippen MR) is 62.4 cm³/mol. The third-order valence-corrected chi connectivity index (χ3v) is 2.95. The van der Waals surface area contributed by atoms with E-state index in [-0.39, 0.29) is 0 Å². The molecule has 1 aliphatic heterocycles. The summed E-state index contributed by atoms with van der Waals surface area (Å²) in [7, 11) is 1.98. The molecule has 0 spiro atoms. The highest BCUT2D eigenvalue weighted by Gasteiger charge is 2.23. The lowest BCUT2D eigenvalue weighted by Crippen LogP contribution is -2.23. The Bertz CT molecular complexity index is 555. The van der Waals surface area contributed by atoms with Crippen molar-refractivity contribution in [2.45, 2.75) is 6.54 Å². The molecule has 0 aromatic carbocycles. The fourth-order valence-corrected chi connectivity index (χ4v) is 2.30. The van der Waals surface area contributed by atoms with Gasteiger partial charge in [-0.15, -0.1) is 0 Å². The maximum Gasteiger partial charge on any atom is 0.152 e. The molecule has 0 radical (unpaired) electrons. The van der Waals surface area contributed by atoms with Gasteiger partial charge < -0.3 is 4.90 Å². The van der Waals surface area contributed by atoms with Gasteiger partial charge in [0.25, 0.3) is 0 Å². The van der Waals surface area contributed by atoms with E-state index in [9.17, 15) is 0 Å². The summed E-state index contributed by atoms with van der Waals surface area (Å²) in [4.78, 5) is 14.8. The summed E-state index contributed by atoms with van der Waals surface area (Å²) in [5.41, 5.74) is 3.80. The highest BCUT2D eigenvalue weighted by atomic mass is 35.5. The number of aromatic nitrogens is 3. The Kier molecular flexibility index (Phi) is 2.04. The van der Waals surface area contributed by atoms with Crippen LogP contribution in [0.2, 0.25) is 5.15 Å². The zero-order valence-corrected chi connectivity index (χ0v) is 9.44. The molecule has 3 rings (SSSR count). The van der Waals surface area contributed by atoms with Crippen molar-refractivity contribution in [2.24, 2.45) is 0 Å². The molecule has 0 bridgehead atoms. The monoisotopic (exact) mass is 232 g/mol. The number of hydrogen-bond donors (Lipinski definition) is 0. The molecule has 0 saturated heterocycles. The van der Waals surface area contributed by atoms with Crippen LogP contribution in [-0.2, 0) is 6.54 Å². The number of pyridine rings is 1. The minimum atomic E-state index is 0.510. The van der Waals surface area contributed by atoms with Crippen molar-refractivity contribution < 1.29 is 0 Å². The Morgan fingerprint density at radius 1 is 1.19 bits per heavy atom. The van der Waals surface area contributed by atoms with E-state index in [1.165, 1.54) is 0 Å². The molecule has 0 amide bonds. The molecule has 4 nitrogen and oxygen atoms in total. The Morgan fingerprint density at radius 3 is 2.88 bits per heavy atom. The highest BCUT2D eigenvalue weighted by Crippen LogP contribution is 2.39. The number of hydrogen-bond acceptors (Lipinski definition) is 4. The molecule has 0 saturated carbocycles. The van der Waals surface area contributed by atoms with Gasteiger partial charge in [-0.3, -0.25) is 9.97 Å². The summed E-state index contributed by atoms with van der Waals surface area (Å²) in [6, 6.07) is 1.92. The van der Waals surface area contributed by atoms with E-state index >= 15 is 0 Å². The topological polar surface area (TPSA) is 41.9 Å². The first-order chi connectivity index (χ1) is 7.77. The molecule has 80 valence electrons. The molecule has 0 aliphatic carbocycles. The number of nitrogens with zero attached hydrogens (tertiary/aromatic N) is 4. The summed E-state index contributed by atoms with van der Waals surface area (Å²) < 4.78 is 0. The second-order valence-electron chi connectivity index (χ2n) is 3.71. The lowest BCUT2D eigenvalue weighted by molar-refractivity contribution is 0.855. The smallest absolute Gasteiger partial charge is 0.152 e. The number of fused-ring (bicyclic) bond motifs is 3. The maximum atomic E-state index is 6.10. The van der Waals surface area contributed by atoms with Crippen LogP contribution >= 0.6 is 11.6 Å². The summed E-state index contributed by atoms with van der Waals surface area (Å²) >= 11 is 6.10. The third-order valence-electron chi connectivity index (χ3n) is 2.68. The van der Waals surface area contributed by atoms with Gasteiger partial charge in [-0.05, 0) is 6.07 Å². The normalized spacial score (nSPS) is 13.2. The zero-order valence-electron chi connectivity index (χ0n) is 8.68. The standard InChI is InChI=1S/C11H9ClN4/c1-16-6-8-9(14-5-4-13-8)7-2-3-15-11(12)10(7)16/h2-5H,6H2,1H3. The molecule has 0 atom stereocenters. The van der Waals surface area contributed by atoms with Crippen LogP contribution in [-0.4, -0.2) is 22.0 Å². The van der Waals surface area contributed by atoms with Crippen molar-refractivity contribution >= 4 is 17.3 Å². The van der Waals surface area contributed by atoms with Gasteiger partial charge in [0.05, 0.1) is 23.6 Å². The Balaban J connectivity index is 2.33. The van der Waals surface area contributed by atoms with Gasteiger partial charge in [-0.2, -0.15) is 0 Å². The van der Waals surface area contributed by atoms with E-state index in [4.69, 9.17) is 11.6 Å². The van der Waals surface area contributed by atoms with Crippen LogP contribution in [0.5, 0.6) is 0 Å². The molecular weight excluding hydrogens is 224 g/mol. The average Bonchev–Trinajstić information content (AvgIpc) is 2.29. The summed E-state index contributed by atoms with van der Waals surface area (Å²) in [6.07, 6.45) is 5.10. The molecule has 1 aliphatic rings. The minimum Gasteiger partial charge on any atom is -0.366 e. The first-order valence-electron chi connectivity index (χ1n) is 4.93. The van der Waals surface area contributed by atoms with Crippen molar-refractivity contribution in [1.82, 2.24) is 15.0 Å². The van der Waals surface area contributed by atoms with Gasteiger partial charge in [0, 0.05) is 31.2 Å². The molecule has 2 aromatic rings. The van der Waals surface area contributed by atoms with Crippen molar-refractivity contribution in [3.63, 3.8) is 0 Å². The summed E-state index contributed by atoms with van der Waals surface area (Å²) in [5, 5.41) is 0.510. The number of anilines is 1. The van der Waals surface area contributed by atoms with E-state index in [1.807, 2.05) is 18.0 Å². The van der Waals surface area contributed by atoms with Gasteiger partial charge in [-0.1, -0.05) is 11.6 Å². The van der Waals surface area contributed by atoms with Crippen molar-refractivity contribution in [3.05, 3.63) is 35.5 Å². The minimum absolute atomic E-state index is 0.510. The van der Waals surface area contributed by atoms with Crippen LogP contribution < -0.4 is 4.90 Å². The van der Waals surface area contributed by atoms with E-state index in [2.05, 4.69) is 15.0 Å².